The van der Waals surface area contributed by atoms with Crippen molar-refractivity contribution < 1.29 is 14.2 Å². The SMILES string of the molecule is CC1(C)OCC(/C=C2\CC[C@H](OC(c3ccccc3)(c3ccccc3)c3ccccc3)[C@H]2C[Si]c2ccccc2)CO1. The van der Waals surface area contributed by atoms with Crippen molar-refractivity contribution in [3.63, 3.8) is 0 Å². The van der Waals surface area contributed by atoms with Crippen molar-refractivity contribution in [1.29, 1.82) is 0 Å². The first-order valence-electron chi connectivity index (χ1n) is 15.2. The van der Waals surface area contributed by atoms with Crippen LogP contribution in [0.1, 0.15) is 43.4 Å². The van der Waals surface area contributed by atoms with Crippen molar-refractivity contribution >= 4 is 14.7 Å². The van der Waals surface area contributed by atoms with Gasteiger partial charge in [-0.05, 0) is 49.4 Å². The maximum absolute atomic E-state index is 7.61. The third kappa shape index (κ3) is 6.37. The molecule has 1 aliphatic heterocycles. The van der Waals surface area contributed by atoms with Crippen LogP contribution in [0.2, 0.25) is 6.04 Å². The van der Waals surface area contributed by atoms with Crippen LogP contribution >= 0.6 is 0 Å². The fraction of sp³-hybridized carbons (Fsp3) is 0.316. The Labute approximate surface area is 253 Å². The summed E-state index contributed by atoms with van der Waals surface area (Å²) in [6.45, 7) is 5.38. The minimum absolute atomic E-state index is 0.0648. The van der Waals surface area contributed by atoms with Crippen LogP contribution in [0.15, 0.2) is 133 Å². The van der Waals surface area contributed by atoms with Gasteiger partial charge in [0.05, 0.1) is 28.8 Å². The van der Waals surface area contributed by atoms with Crippen molar-refractivity contribution in [3.8, 4) is 0 Å². The van der Waals surface area contributed by atoms with E-state index in [1.54, 1.807) is 0 Å². The first-order valence-corrected chi connectivity index (χ1v) is 16.4. The van der Waals surface area contributed by atoms with Gasteiger partial charge in [-0.25, -0.2) is 0 Å². The predicted molar refractivity (Wildman–Crippen MR) is 171 cm³/mol. The number of hydrogen-bond acceptors (Lipinski definition) is 3. The van der Waals surface area contributed by atoms with Crippen LogP contribution in [0.3, 0.4) is 0 Å². The molecular weight excluding hydrogens is 533 g/mol. The fourth-order valence-electron chi connectivity index (χ4n) is 6.38. The topological polar surface area (TPSA) is 27.7 Å². The average molecular weight is 573 g/mol. The van der Waals surface area contributed by atoms with Crippen LogP contribution in [-0.2, 0) is 19.8 Å². The van der Waals surface area contributed by atoms with E-state index in [1.165, 1.54) is 10.8 Å². The van der Waals surface area contributed by atoms with Crippen molar-refractivity contribution in [2.45, 2.75) is 50.2 Å². The Hall–Kier alpha value is -3.28. The molecule has 1 aliphatic carbocycles. The standard InChI is InChI=1S/C38H40O3Si/c1-37(2)39-26-29(27-40-37)25-30-23-24-36(35(30)28-42-34-21-13-6-14-22-34)41-38(31-15-7-3-8-16-31,32-17-9-4-10-18-32)33-19-11-5-12-20-33/h3-22,25,29,35-36H,23-24,26-28H2,1-2H3/b30-25+/t35-,36-/m0/s1. The summed E-state index contributed by atoms with van der Waals surface area (Å²) in [5, 5.41) is 1.40. The number of rotatable bonds is 9. The second kappa shape index (κ2) is 12.9. The number of benzene rings is 4. The molecule has 2 fully saturated rings. The summed E-state index contributed by atoms with van der Waals surface area (Å²) < 4.78 is 19.7. The average Bonchev–Trinajstić information content (AvgIpc) is 3.41. The molecule has 6 rings (SSSR count). The Morgan fingerprint density at radius 1 is 0.738 bits per heavy atom. The van der Waals surface area contributed by atoms with Crippen LogP contribution < -0.4 is 5.19 Å². The van der Waals surface area contributed by atoms with E-state index in [0.29, 0.717) is 28.7 Å². The fourth-order valence-corrected chi connectivity index (χ4v) is 7.79. The first-order chi connectivity index (χ1) is 20.5. The largest absolute Gasteiger partial charge is 0.357 e. The highest BCUT2D eigenvalue weighted by Gasteiger charge is 2.44. The molecule has 3 nitrogen and oxygen atoms in total. The van der Waals surface area contributed by atoms with Gasteiger partial charge in [-0.2, -0.15) is 0 Å². The molecule has 0 aromatic heterocycles. The maximum Gasteiger partial charge on any atom is 0.162 e. The van der Waals surface area contributed by atoms with Crippen LogP contribution in [-0.4, -0.2) is 34.6 Å². The molecule has 0 unspecified atom stereocenters. The van der Waals surface area contributed by atoms with Gasteiger partial charge in [-0.1, -0.05) is 138 Å². The Morgan fingerprint density at radius 3 is 1.71 bits per heavy atom. The van der Waals surface area contributed by atoms with E-state index in [4.69, 9.17) is 14.2 Å². The molecular formula is C38H40O3Si. The first kappa shape index (κ1) is 28.8. The Bertz CT molecular complexity index is 1330. The van der Waals surface area contributed by atoms with Gasteiger partial charge in [0.1, 0.15) is 5.60 Å². The zero-order valence-corrected chi connectivity index (χ0v) is 25.6. The Balaban J connectivity index is 1.39. The summed E-state index contributed by atoms with van der Waals surface area (Å²) in [7, 11) is 0.716. The van der Waals surface area contributed by atoms with Crippen molar-refractivity contribution in [2.75, 3.05) is 13.2 Å². The van der Waals surface area contributed by atoms with Gasteiger partial charge in [0.25, 0.3) is 0 Å². The molecule has 1 saturated heterocycles. The van der Waals surface area contributed by atoms with Crippen molar-refractivity contribution in [3.05, 3.63) is 150 Å². The molecule has 2 aliphatic rings. The van der Waals surface area contributed by atoms with E-state index in [-0.39, 0.29) is 12.0 Å². The summed E-state index contributed by atoms with van der Waals surface area (Å²) in [4.78, 5) is 0. The van der Waals surface area contributed by atoms with Crippen molar-refractivity contribution in [1.82, 2.24) is 0 Å². The highest BCUT2D eigenvalue weighted by atomic mass is 28.2. The lowest BCUT2D eigenvalue weighted by atomic mass is 9.79. The van der Waals surface area contributed by atoms with Gasteiger partial charge >= 0.3 is 0 Å². The maximum atomic E-state index is 7.61. The lowest BCUT2D eigenvalue weighted by Gasteiger charge is -2.40. The van der Waals surface area contributed by atoms with Crippen molar-refractivity contribution in [2.24, 2.45) is 11.8 Å². The summed E-state index contributed by atoms with van der Waals surface area (Å²) >= 11 is 0. The van der Waals surface area contributed by atoms with Crippen LogP contribution in [0.5, 0.6) is 0 Å². The second-order valence-electron chi connectivity index (χ2n) is 11.9. The van der Waals surface area contributed by atoms with Gasteiger partial charge in [0.2, 0.25) is 0 Å². The lowest BCUT2D eigenvalue weighted by molar-refractivity contribution is -0.256. The lowest BCUT2D eigenvalue weighted by Crippen LogP contribution is -2.39. The molecule has 0 bridgehead atoms. The van der Waals surface area contributed by atoms with E-state index in [0.717, 1.165) is 35.6 Å². The van der Waals surface area contributed by atoms with Gasteiger partial charge in [-0.15, -0.1) is 0 Å². The summed E-state index contributed by atoms with van der Waals surface area (Å²) in [5.74, 6) is 0.0656. The number of hydrogen-bond donors (Lipinski definition) is 0. The summed E-state index contributed by atoms with van der Waals surface area (Å²) in [6, 6.07) is 44.2. The zero-order valence-electron chi connectivity index (χ0n) is 24.6. The predicted octanol–water partition coefficient (Wildman–Crippen LogP) is 7.55. The van der Waals surface area contributed by atoms with Crippen LogP contribution in [0.4, 0.5) is 0 Å². The molecule has 4 aromatic rings. The second-order valence-corrected chi connectivity index (χ2v) is 13.2. The quantitative estimate of drug-likeness (QED) is 0.118. The molecule has 2 radical (unpaired) electrons. The minimum Gasteiger partial charge on any atom is -0.357 e. The van der Waals surface area contributed by atoms with E-state index >= 15 is 0 Å². The number of ether oxygens (including phenoxy) is 3. The van der Waals surface area contributed by atoms with E-state index in [9.17, 15) is 0 Å². The van der Waals surface area contributed by atoms with Gasteiger partial charge < -0.3 is 14.2 Å². The molecule has 2 atom stereocenters. The minimum atomic E-state index is -0.723. The molecule has 0 spiro atoms. The van der Waals surface area contributed by atoms with Gasteiger partial charge in [-0.3, -0.25) is 0 Å². The third-order valence-corrected chi connectivity index (χ3v) is 9.94. The van der Waals surface area contributed by atoms with Gasteiger partial charge in [0.15, 0.2) is 5.79 Å². The molecule has 42 heavy (non-hydrogen) atoms. The molecule has 4 aromatic carbocycles. The normalized spacial score (nSPS) is 21.9. The highest BCUT2D eigenvalue weighted by molar-refractivity contribution is 6.53. The summed E-state index contributed by atoms with van der Waals surface area (Å²) in [6.07, 6.45) is 4.54. The van der Waals surface area contributed by atoms with E-state index < -0.39 is 11.4 Å². The molecule has 0 amide bonds. The van der Waals surface area contributed by atoms with Gasteiger partial charge in [0, 0.05) is 11.8 Å². The monoisotopic (exact) mass is 572 g/mol. The molecule has 4 heteroatoms. The van der Waals surface area contributed by atoms with E-state index in [1.807, 2.05) is 13.8 Å². The Kier molecular flexibility index (Phi) is 8.87. The molecule has 1 saturated carbocycles. The smallest absolute Gasteiger partial charge is 0.162 e. The molecule has 0 N–H and O–H groups in total. The zero-order chi connectivity index (χ0) is 28.8. The Morgan fingerprint density at radius 2 is 1.21 bits per heavy atom. The van der Waals surface area contributed by atoms with Crippen LogP contribution in [0.25, 0.3) is 0 Å². The van der Waals surface area contributed by atoms with E-state index in [2.05, 4.69) is 127 Å². The molecule has 214 valence electrons. The highest BCUT2D eigenvalue weighted by Crippen LogP contribution is 2.47. The third-order valence-electron chi connectivity index (χ3n) is 8.55. The summed E-state index contributed by atoms with van der Waals surface area (Å²) in [5.41, 5.74) is 4.23. The molecule has 1 heterocycles. The van der Waals surface area contributed by atoms with Crippen LogP contribution in [0, 0.1) is 11.8 Å².